The lowest BCUT2D eigenvalue weighted by molar-refractivity contribution is 0.0921. The molecule has 1 heterocycles. The van der Waals surface area contributed by atoms with Crippen LogP contribution < -0.4 is 15.8 Å². The molecule has 1 aromatic heterocycles. The molecule has 2 rings (SSSR count). The standard InChI is InChI=1S/C17H23N3O2S/c1-3-13(22-14-6-4-5-12(2)9-14)10-19-17(21)15-11-23-16(20-15)7-8-18/h4-6,9,11,13H,3,7-8,10,18H2,1-2H3,(H,19,21). The van der Waals surface area contributed by atoms with E-state index in [0.717, 1.165) is 22.7 Å². The minimum atomic E-state index is -0.171. The highest BCUT2D eigenvalue weighted by Gasteiger charge is 2.14. The molecule has 6 heteroatoms. The van der Waals surface area contributed by atoms with Crippen molar-refractivity contribution in [2.24, 2.45) is 5.73 Å². The molecule has 1 amide bonds. The maximum atomic E-state index is 12.1. The summed E-state index contributed by atoms with van der Waals surface area (Å²) in [7, 11) is 0. The Morgan fingerprint density at radius 3 is 3.00 bits per heavy atom. The van der Waals surface area contributed by atoms with Crippen LogP contribution in [-0.2, 0) is 6.42 Å². The van der Waals surface area contributed by atoms with Crippen molar-refractivity contribution >= 4 is 17.2 Å². The lowest BCUT2D eigenvalue weighted by Gasteiger charge is -2.18. The van der Waals surface area contributed by atoms with Crippen LogP contribution in [0.3, 0.4) is 0 Å². The molecular weight excluding hydrogens is 310 g/mol. The molecular formula is C17H23N3O2S. The van der Waals surface area contributed by atoms with Crippen LogP contribution in [-0.4, -0.2) is 30.1 Å². The maximum Gasteiger partial charge on any atom is 0.270 e. The molecule has 3 N–H and O–H groups in total. The molecule has 1 unspecified atom stereocenters. The molecule has 1 atom stereocenters. The van der Waals surface area contributed by atoms with Gasteiger partial charge in [-0.1, -0.05) is 19.1 Å². The number of aromatic nitrogens is 1. The number of aryl methyl sites for hydroxylation is 1. The Morgan fingerprint density at radius 2 is 2.30 bits per heavy atom. The molecule has 0 aliphatic rings. The van der Waals surface area contributed by atoms with Crippen LogP contribution in [0.2, 0.25) is 0 Å². The molecule has 0 saturated heterocycles. The summed E-state index contributed by atoms with van der Waals surface area (Å²) >= 11 is 1.46. The zero-order valence-corrected chi connectivity index (χ0v) is 14.4. The highest BCUT2D eigenvalue weighted by molar-refractivity contribution is 7.09. The second-order valence-corrected chi connectivity index (χ2v) is 6.28. The van der Waals surface area contributed by atoms with Gasteiger partial charge < -0.3 is 15.8 Å². The molecule has 0 radical (unpaired) electrons. The minimum Gasteiger partial charge on any atom is -0.489 e. The third-order valence-corrected chi connectivity index (χ3v) is 4.29. The molecule has 1 aromatic carbocycles. The maximum absolute atomic E-state index is 12.1. The molecule has 0 saturated carbocycles. The first-order valence-electron chi connectivity index (χ1n) is 7.78. The second kappa shape index (κ2) is 8.64. The third-order valence-electron chi connectivity index (χ3n) is 3.38. The summed E-state index contributed by atoms with van der Waals surface area (Å²) in [6, 6.07) is 7.90. The van der Waals surface area contributed by atoms with E-state index in [1.54, 1.807) is 5.38 Å². The van der Waals surface area contributed by atoms with Crippen LogP contribution in [0.15, 0.2) is 29.6 Å². The molecule has 5 nitrogen and oxygen atoms in total. The summed E-state index contributed by atoms with van der Waals surface area (Å²) in [5, 5.41) is 5.55. The van der Waals surface area contributed by atoms with Gasteiger partial charge in [-0.25, -0.2) is 4.98 Å². The van der Waals surface area contributed by atoms with Gasteiger partial charge in [0.25, 0.3) is 5.91 Å². The van der Waals surface area contributed by atoms with Gasteiger partial charge in [-0.2, -0.15) is 0 Å². The van der Waals surface area contributed by atoms with Crippen molar-refractivity contribution in [1.29, 1.82) is 0 Å². The van der Waals surface area contributed by atoms with Crippen molar-refractivity contribution in [3.05, 3.63) is 45.9 Å². The number of ether oxygens (including phenoxy) is 1. The van der Waals surface area contributed by atoms with E-state index in [0.29, 0.717) is 25.2 Å². The molecule has 23 heavy (non-hydrogen) atoms. The summed E-state index contributed by atoms with van der Waals surface area (Å²) in [6.07, 6.45) is 1.44. The number of rotatable bonds is 8. The topological polar surface area (TPSA) is 77.2 Å². The smallest absolute Gasteiger partial charge is 0.270 e. The predicted molar refractivity (Wildman–Crippen MR) is 93.1 cm³/mol. The predicted octanol–water partition coefficient (Wildman–Crippen LogP) is 2.54. The summed E-state index contributed by atoms with van der Waals surface area (Å²) < 4.78 is 5.93. The fourth-order valence-corrected chi connectivity index (χ4v) is 2.90. The van der Waals surface area contributed by atoms with E-state index in [-0.39, 0.29) is 12.0 Å². The Kier molecular flexibility index (Phi) is 6.55. The number of carbonyl (C=O) groups excluding carboxylic acids is 1. The van der Waals surface area contributed by atoms with Crippen molar-refractivity contribution in [3.8, 4) is 5.75 Å². The van der Waals surface area contributed by atoms with Crippen LogP contribution in [0, 0.1) is 6.92 Å². The molecule has 124 valence electrons. The number of benzene rings is 1. The fraction of sp³-hybridized carbons (Fsp3) is 0.412. The first-order chi connectivity index (χ1) is 11.1. The molecule has 0 spiro atoms. The zero-order valence-electron chi connectivity index (χ0n) is 13.5. The molecule has 0 bridgehead atoms. The van der Waals surface area contributed by atoms with Gasteiger partial charge in [-0.15, -0.1) is 11.3 Å². The van der Waals surface area contributed by atoms with E-state index in [4.69, 9.17) is 10.5 Å². The second-order valence-electron chi connectivity index (χ2n) is 5.34. The number of nitrogens with zero attached hydrogens (tertiary/aromatic N) is 1. The third kappa shape index (κ3) is 5.33. The van der Waals surface area contributed by atoms with E-state index in [9.17, 15) is 4.79 Å². The average Bonchev–Trinajstić information content (AvgIpc) is 3.00. The van der Waals surface area contributed by atoms with Crippen LogP contribution in [0.5, 0.6) is 5.75 Å². The highest BCUT2D eigenvalue weighted by Crippen LogP contribution is 2.15. The number of carbonyl (C=O) groups is 1. The van der Waals surface area contributed by atoms with E-state index < -0.39 is 0 Å². The Balaban J connectivity index is 1.87. The van der Waals surface area contributed by atoms with E-state index >= 15 is 0 Å². The van der Waals surface area contributed by atoms with Crippen molar-refractivity contribution in [3.63, 3.8) is 0 Å². The molecule has 2 aromatic rings. The van der Waals surface area contributed by atoms with E-state index in [1.807, 2.05) is 38.1 Å². The SMILES string of the molecule is CCC(CNC(=O)c1csc(CCN)n1)Oc1cccc(C)c1. The number of hydrogen-bond acceptors (Lipinski definition) is 5. The van der Waals surface area contributed by atoms with Gasteiger partial charge in [0.05, 0.1) is 11.6 Å². The molecule has 0 aliphatic heterocycles. The summed E-state index contributed by atoms with van der Waals surface area (Å²) in [5.41, 5.74) is 7.09. The first kappa shape index (κ1) is 17.4. The lowest BCUT2D eigenvalue weighted by Crippen LogP contribution is -2.35. The van der Waals surface area contributed by atoms with Crippen LogP contribution in [0.25, 0.3) is 0 Å². The number of nitrogens with two attached hydrogens (primary N) is 1. The van der Waals surface area contributed by atoms with E-state index in [2.05, 4.69) is 10.3 Å². The lowest BCUT2D eigenvalue weighted by atomic mass is 10.2. The summed E-state index contributed by atoms with van der Waals surface area (Å²) in [5.74, 6) is 0.654. The van der Waals surface area contributed by atoms with Gasteiger partial charge in [0.2, 0.25) is 0 Å². The van der Waals surface area contributed by atoms with Gasteiger partial charge in [0.1, 0.15) is 17.5 Å². The Bertz CT molecular complexity index is 642. The van der Waals surface area contributed by atoms with E-state index in [1.165, 1.54) is 11.3 Å². The largest absolute Gasteiger partial charge is 0.489 e. The number of amides is 1. The van der Waals surface area contributed by atoms with Crippen LogP contribution >= 0.6 is 11.3 Å². The normalized spacial score (nSPS) is 12.0. The van der Waals surface area contributed by atoms with Gasteiger partial charge in [0.15, 0.2) is 0 Å². The van der Waals surface area contributed by atoms with Crippen LogP contribution in [0.1, 0.15) is 34.4 Å². The highest BCUT2D eigenvalue weighted by atomic mass is 32.1. The molecule has 0 aliphatic carbocycles. The summed E-state index contributed by atoms with van der Waals surface area (Å²) in [6.45, 7) is 5.05. The Morgan fingerprint density at radius 1 is 1.48 bits per heavy atom. The van der Waals surface area contributed by atoms with Crippen molar-refractivity contribution < 1.29 is 9.53 Å². The monoisotopic (exact) mass is 333 g/mol. The Labute approximate surface area is 140 Å². The summed E-state index contributed by atoms with van der Waals surface area (Å²) in [4.78, 5) is 16.4. The van der Waals surface area contributed by atoms with Gasteiger partial charge in [-0.05, 0) is 37.6 Å². The Hall–Kier alpha value is -1.92. The fourth-order valence-electron chi connectivity index (χ4n) is 2.10. The van der Waals surface area contributed by atoms with Crippen molar-refractivity contribution in [2.75, 3.05) is 13.1 Å². The number of hydrogen-bond donors (Lipinski definition) is 2. The number of thiazole rings is 1. The molecule has 0 fully saturated rings. The minimum absolute atomic E-state index is 0.0668. The number of nitrogens with one attached hydrogen (secondary N) is 1. The van der Waals surface area contributed by atoms with Crippen LogP contribution in [0.4, 0.5) is 0 Å². The zero-order chi connectivity index (χ0) is 16.7. The quantitative estimate of drug-likeness (QED) is 0.778. The average molecular weight is 333 g/mol. The van der Waals surface area contributed by atoms with Gasteiger partial charge >= 0.3 is 0 Å². The van der Waals surface area contributed by atoms with Crippen molar-refractivity contribution in [1.82, 2.24) is 10.3 Å². The first-order valence-corrected chi connectivity index (χ1v) is 8.66. The van der Waals surface area contributed by atoms with Crippen molar-refractivity contribution in [2.45, 2.75) is 32.8 Å². The van der Waals surface area contributed by atoms with Gasteiger partial charge in [0, 0.05) is 11.8 Å². The van der Waals surface area contributed by atoms with Gasteiger partial charge in [-0.3, -0.25) is 4.79 Å².